The molecule has 10 heteroatoms. The predicted octanol–water partition coefficient (Wildman–Crippen LogP) is 6.89. The van der Waals surface area contributed by atoms with E-state index in [1.807, 2.05) is 25.1 Å². The van der Waals surface area contributed by atoms with E-state index in [2.05, 4.69) is 37.2 Å². The normalized spacial score (nSPS) is 11.1. The molecule has 156 valence electrons. The number of nitrogens with zero attached hydrogens (tertiary/aromatic N) is 2. The van der Waals surface area contributed by atoms with Crippen molar-refractivity contribution in [3.63, 3.8) is 0 Å². The molecule has 0 spiro atoms. The summed E-state index contributed by atoms with van der Waals surface area (Å²) in [5.74, 6) is -0.0538. The van der Waals surface area contributed by atoms with Crippen LogP contribution < -0.4 is 5.32 Å². The molecule has 0 saturated carbocycles. The maximum Gasteiger partial charge on any atom is 0.288 e. The van der Waals surface area contributed by atoms with Crippen molar-refractivity contribution in [3.8, 4) is 17.4 Å². The van der Waals surface area contributed by atoms with E-state index >= 15 is 0 Å². The summed E-state index contributed by atoms with van der Waals surface area (Å²) in [5, 5.41) is 23.2. The molecule has 1 heterocycles. The Morgan fingerprint density at radius 1 is 1.23 bits per heavy atom. The first-order valence-corrected chi connectivity index (χ1v) is 10.6. The Kier molecular flexibility index (Phi) is 6.95. The SMILES string of the molecule is Cc1cc(Br)c(NC(=O)/C(C#N)=C/c2ccc(-c3ccc(Cl)c([N+](=O)[O-])c3)o2)c(Br)c1. The minimum atomic E-state index is -0.618. The topological polar surface area (TPSA) is 109 Å². The highest BCUT2D eigenvalue weighted by Crippen LogP contribution is 2.33. The molecule has 0 radical (unpaired) electrons. The molecule has 0 aliphatic carbocycles. The van der Waals surface area contributed by atoms with Gasteiger partial charge in [-0.05, 0) is 80.7 Å². The van der Waals surface area contributed by atoms with Gasteiger partial charge in [0.05, 0.1) is 10.6 Å². The minimum Gasteiger partial charge on any atom is -0.457 e. The fraction of sp³-hybridized carbons (Fsp3) is 0.0476. The number of aryl methyl sites for hydroxylation is 1. The molecule has 0 aliphatic rings. The monoisotopic (exact) mass is 563 g/mol. The number of carbonyl (C=O) groups is 1. The zero-order valence-corrected chi connectivity index (χ0v) is 19.7. The third-order valence-corrected chi connectivity index (χ3v) is 5.70. The van der Waals surface area contributed by atoms with Gasteiger partial charge in [-0.15, -0.1) is 0 Å². The standard InChI is InChI=1S/C21H12Br2ClN3O4/c1-11-6-15(22)20(16(23)7-11)26-21(28)13(10-25)8-14-3-5-19(31-14)12-2-4-17(24)18(9-12)27(29)30/h2-9H,1H3,(H,26,28)/b13-8+. The number of furan rings is 1. The Balaban J connectivity index is 1.87. The molecule has 0 bridgehead atoms. The van der Waals surface area contributed by atoms with Crippen molar-refractivity contribution in [3.05, 3.63) is 83.4 Å². The van der Waals surface area contributed by atoms with Gasteiger partial charge in [0.2, 0.25) is 0 Å². The number of nitriles is 1. The second-order valence-corrected chi connectivity index (χ2v) is 8.47. The highest BCUT2D eigenvalue weighted by molar-refractivity contribution is 9.11. The van der Waals surface area contributed by atoms with Crippen molar-refractivity contribution >= 4 is 66.8 Å². The molecular formula is C21H12Br2ClN3O4. The van der Waals surface area contributed by atoms with Crippen molar-refractivity contribution in [2.45, 2.75) is 6.92 Å². The van der Waals surface area contributed by atoms with Crippen molar-refractivity contribution in [1.82, 2.24) is 0 Å². The van der Waals surface area contributed by atoms with E-state index in [0.29, 0.717) is 26.0 Å². The van der Waals surface area contributed by atoms with Gasteiger partial charge in [0.1, 0.15) is 28.2 Å². The van der Waals surface area contributed by atoms with Gasteiger partial charge in [-0.3, -0.25) is 14.9 Å². The Bertz CT molecular complexity index is 1250. The smallest absolute Gasteiger partial charge is 0.288 e. The number of carbonyl (C=O) groups excluding carboxylic acids is 1. The average molecular weight is 566 g/mol. The molecule has 1 amide bonds. The maximum absolute atomic E-state index is 12.6. The molecule has 0 fully saturated rings. The van der Waals surface area contributed by atoms with Crippen LogP contribution in [0.15, 0.2) is 61.4 Å². The van der Waals surface area contributed by atoms with Crippen LogP contribution in [0, 0.1) is 28.4 Å². The van der Waals surface area contributed by atoms with Gasteiger partial charge in [0, 0.05) is 26.7 Å². The van der Waals surface area contributed by atoms with Crippen LogP contribution in [0.1, 0.15) is 11.3 Å². The largest absolute Gasteiger partial charge is 0.457 e. The molecule has 1 N–H and O–H groups in total. The van der Waals surface area contributed by atoms with Crippen LogP contribution >= 0.6 is 43.5 Å². The lowest BCUT2D eigenvalue weighted by Crippen LogP contribution is -2.14. The number of hydrogen-bond acceptors (Lipinski definition) is 5. The van der Waals surface area contributed by atoms with Gasteiger partial charge in [-0.2, -0.15) is 5.26 Å². The van der Waals surface area contributed by atoms with E-state index in [0.717, 1.165) is 5.56 Å². The summed E-state index contributed by atoms with van der Waals surface area (Å²) in [6.45, 7) is 1.91. The summed E-state index contributed by atoms with van der Waals surface area (Å²) in [5.41, 5.74) is 1.48. The van der Waals surface area contributed by atoms with Crippen LogP contribution in [0.5, 0.6) is 0 Å². The molecule has 0 atom stereocenters. The van der Waals surface area contributed by atoms with Gasteiger partial charge in [-0.25, -0.2) is 0 Å². The third-order valence-electron chi connectivity index (χ3n) is 4.13. The van der Waals surface area contributed by atoms with Gasteiger partial charge in [0.25, 0.3) is 11.6 Å². The first kappa shape index (κ1) is 22.7. The summed E-state index contributed by atoms with van der Waals surface area (Å²) in [7, 11) is 0. The molecule has 2 aromatic carbocycles. The predicted molar refractivity (Wildman–Crippen MR) is 125 cm³/mol. The van der Waals surface area contributed by atoms with Crippen molar-refractivity contribution < 1.29 is 14.1 Å². The number of nitro groups is 1. The van der Waals surface area contributed by atoms with Crippen LogP contribution in [0.4, 0.5) is 11.4 Å². The lowest BCUT2D eigenvalue weighted by Gasteiger charge is -2.10. The summed E-state index contributed by atoms with van der Waals surface area (Å²) >= 11 is 12.6. The third kappa shape index (κ3) is 5.22. The summed E-state index contributed by atoms with van der Waals surface area (Å²) < 4.78 is 6.97. The molecule has 3 rings (SSSR count). The summed E-state index contributed by atoms with van der Waals surface area (Å²) in [4.78, 5) is 23.1. The van der Waals surface area contributed by atoms with Crippen LogP contribution in [-0.4, -0.2) is 10.8 Å². The van der Waals surface area contributed by atoms with Gasteiger partial charge in [0.15, 0.2) is 0 Å². The summed E-state index contributed by atoms with van der Waals surface area (Å²) in [6.07, 6.45) is 1.29. The van der Waals surface area contributed by atoms with Crippen molar-refractivity contribution in [1.29, 1.82) is 5.26 Å². The Morgan fingerprint density at radius 3 is 2.52 bits per heavy atom. The van der Waals surface area contributed by atoms with Crippen LogP contribution in [-0.2, 0) is 4.79 Å². The quantitative estimate of drug-likeness (QED) is 0.157. The van der Waals surface area contributed by atoms with E-state index in [9.17, 15) is 20.2 Å². The molecule has 7 nitrogen and oxygen atoms in total. The minimum absolute atomic E-state index is 0.0114. The number of nitrogens with one attached hydrogen (secondary N) is 1. The lowest BCUT2D eigenvalue weighted by molar-refractivity contribution is -0.384. The second-order valence-electron chi connectivity index (χ2n) is 6.35. The highest BCUT2D eigenvalue weighted by atomic mass is 79.9. The summed E-state index contributed by atoms with van der Waals surface area (Å²) in [6, 6.07) is 12.9. The fourth-order valence-corrected chi connectivity index (χ4v) is 4.48. The van der Waals surface area contributed by atoms with Gasteiger partial charge >= 0.3 is 0 Å². The first-order chi connectivity index (χ1) is 14.7. The Hall–Kier alpha value is -2.93. The second kappa shape index (κ2) is 9.47. The van der Waals surface area contributed by atoms with E-state index in [1.165, 1.54) is 18.2 Å². The van der Waals surface area contributed by atoms with Crippen molar-refractivity contribution in [2.75, 3.05) is 5.32 Å². The molecule has 0 aliphatic heterocycles. The number of hydrogen-bond donors (Lipinski definition) is 1. The van der Waals surface area contributed by atoms with Gasteiger partial charge < -0.3 is 9.73 Å². The van der Waals surface area contributed by atoms with Gasteiger partial charge in [-0.1, -0.05) is 11.6 Å². The van der Waals surface area contributed by atoms with E-state index in [4.69, 9.17) is 16.0 Å². The molecule has 1 aromatic heterocycles. The number of nitro benzene ring substituents is 1. The number of benzene rings is 2. The molecule has 3 aromatic rings. The first-order valence-electron chi connectivity index (χ1n) is 8.62. The molecule has 0 saturated heterocycles. The van der Waals surface area contributed by atoms with Crippen molar-refractivity contribution in [2.24, 2.45) is 0 Å². The van der Waals surface area contributed by atoms with E-state index in [-0.39, 0.29) is 22.0 Å². The van der Waals surface area contributed by atoms with Crippen LogP contribution in [0.25, 0.3) is 17.4 Å². The Morgan fingerprint density at radius 2 is 1.90 bits per heavy atom. The number of rotatable bonds is 5. The number of amides is 1. The van der Waals surface area contributed by atoms with Crippen LogP contribution in [0.3, 0.4) is 0 Å². The highest BCUT2D eigenvalue weighted by Gasteiger charge is 2.17. The molecular weight excluding hydrogens is 554 g/mol. The zero-order chi connectivity index (χ0) is 22.7. The number of halogens is 3. The van der Waals surface area contributed by atoms with E-state index in [1.54, 1.807) is 18.2 Å². The number of anilines is 1. The maximum atomic E-state index is 12.6. The lowest BCUT2D eigenvalue weighted by atomic mass is 10.1. The molecule has 0 unspecified atom stereocenters. The zero-order valence-electron chi connectivity index (χ0n) is 15.8. The Labute approximate surface area is 198 Å². The van der Waals surface area contributed by atoms with E-state index < -0.39 is 10.8 Å². The fourth-order valence-electron chi connectivity index (χ4n) is 2.68. The molecule has 31 heavy (non-hydrogen) atoms. The average Bonchev–Trinajstić information content (AvgIpc) is 3.17. The van der Waals surface area contributed by atoms with Crippen LogP contribution in [0.2, 0.25) is 5.02 Å².